The fourth-order valence-corrected chi connectivity index (χ4v) is 2.52. The van der Waals surface area contributed by atoms with E-state index in [1.165, 1.54) is 12.8 Å². The minimum Gasteiger partial charge on any atom is -0.266 e. The van der Waals surface area contributed by atoms with Crippen LogP contribution in [-0.2, 0) is 0 Å². The molecule has 3 aromatic rings. The number of nitrogens with zero attached hydrogens (tertiary/aromatic N) is 3. The Morgan fingerprint density at radius 2 is 1.89 bits per heavy atom. The van der Waals surface area contributed by atoms with Gasteiger partial charge in [0.1, 0.15) is 11.8 Å². The molecule has 0 spiro atoms. The maximum absolute atomic E-state index is 12.6. The average Bonchev–Trinajstić information content (AvgIpc) is 3.20. The Balaban J connectivity index is 2.01. The summed E-state index contributed by atoms with van der Waals surface area (Å²) in [7, 11) is 0. The molecule has 1 fully saturated rings. The molecule has 0 saturated heterocycles. The van der Waals surface area contributed by atoms with E-state index in [2.05, 4.69) is 5.10 Å². The van der Waals surface area contributed by atoms with E-state index in [9.17, 15) is 4.79 Å². The molecule has 0 atom stereocenters. The number of hydrogen-bond donors (Lipinski definition) is 0. The van der Waals surface area contributed by atoms with Crippen LogP contribution in [-0.4, -0.2) is 14.2 Å². The Bertz CT molecular complexity index is 797. The second kappa shape index (κ2) is 3.82. The summed E-state index contributed by atoms with van der Waals surface area (Å²) in [5, 5.41) is 4.33. The standard InChI is InChI=1S/C15H13N3O/c19-15-14-13(11-6-7-11)8-9-18(14)16-10-17(15)12-4-2-1-3-5-12/h1-5,8-11H,6-7H2. The molecular weight excluding hydrogens is 238 g/mol. The number of aromatic nitrogens is 3. The zero-order chi connectivity index (χ0) is 12.8. The molecule has 0 bridgehead atoms. The van der Waals surface area contributed by atoms with E-state index in [-0.39, 0.29) is 5.56 Å². The van der Waals surface area contributed by atoms with Gasteiger partial charge in [-0.15, -0.1) is 0 Å². The van der Waals surface area contributed by atoms with E-state index in [1.54, 1.807) is 15.4 Å². The molecule has 19 heavy (non-hydrogen) atoms. The van der Waals surface area contributed by atoms with Gasteiger partial charge in [-0.05, 0) is 42.5 Å². The zero-order valence-electron chi connectivity index (χ0n) is 10.4. The highest BCUT2D eigenvalue weighted by molar-refractivity contribution is 5.57. The van der Waals surface area contributed by atoms with Gasteiger partial charge in [0.05, 0.1) is 5.69 Å². The Hall–Kier alpha value is -2.36. The number of hydrogen-bond acceptors (Lipinski definition) is 2. The van der Waals surface area contributed by atoms with Gasteiger partial charge in [-0.25, -0.2) is 4.52 Å². The first-order chi connectivity index (χ1) is 9.34. The van der Waals surface area contributed by atoms with Crippen LogP contribution >= 0.6 is 0 Å². The lowest BCUT2D eigenvalue weighted by Gasteiger charge is -2.06. The van der Waals surface area contributed by atoms with Crippen LogP contribution in [0.1, 0.15) is 24.3 Å². The molecule has 4 rings (SSSR count). The molecule has 4 heteroatoms. The molecule has 2 heterocycles. The predicted octanol–water partition coefficient (Wildman–Crippen LogP) is 2.36. The van der Waals surface area contributed by atoms with Crippen molar-refractivity contribution in [1.82, 2.24) is 14.2 Å². The molecule has 1 aromatic carbocycles. The Kier molecular flexibility index (Phi) is 2.12. The van der Waals surface area contributed by atoms with Crippen molar-refractivity contribution in [3.05, 3.63) is 64.8 Å². The number of benzene rings is 1. The summed E-state index contributed by atoms with van der Waals surface area (Å²) < 4.78 is 3.30. The number of rotatable bonds is 2. The molecule has 0 N–H and O–H groups in total. The topological polar surface area (TPSA) is 39.3 Å². The highest BCUT2D eigenvalue weighted by Crippen LogP contribution is 2.41. The van der Waals surface area contributed by atoms with Crippen LogP contribution in [0.5, 0.6) is 0 Å². The summed E-state index contributed by atoms with van der Waals surface area (Å²) in [6, 6.07) is 11.6. The van der Waals surface area contributed by atoms with Crippen molar-refractivity contribution in [1.29, 1.82) is 0 Å². The average molecular weight is 251 g/mol. The summed E-state index contributed by atoms with van der Waals surface area (Å²) in [5.41, 5.74) is 2.72. The van der Waals surface area contributed by atoms with Crippen LogP contribution in [0.3, 0.4) is 0 Å². The van der Waals surface area contributed by atoms with E-state index < -0.39 is 0 Å². The summed E-state index contributed by atoms with van der Waals surface area (Å²) in [4.78, 5) is 12.6. The highest BCUT2D eigenvalue weighted by Gasteiger charge is 2.27. The molecular formula is C15H13N3O. The van der Waals surface area contributed by atoms with Crippen molar-refractivity contribution in [3.63, 3.8) is 0 Å². The van der Waals surface area contributed by atoms with Crippen LogP contribution in [0.4, 0.5) is 0 Å². The third-order valence-corrected chi connectivity index (χ3v) is 3.66. The van der Waals surface area contributed by atoms with Crippen LogP contribution in [0.2, 0.25) is 0 Å². The quantitative estimate of drug-likeness (QED) is 0.701. The fourth-order valence-electron chi connectivity index (χ4n) is 2.52. The first-order valence-corrected chi connectivity index (χ1v) is 6.49. The molecule has 1 aliphatic carbocycles. The Morgan fingerprint density at radius 3 is 2.63 bits per heavy atom. The normalized spacial score (nSPS) is 14.9. The first-order valence-electron chi connectivity index (χ1n) is 6.49. The van der Waals surface area contributed by atoms with Gasteiger partial charge < -0.3 is 0 Å². The van der Waals surface area contributed by atoms with Crippen molar-refractivity contribution in [2.45, 2.75) is 18.8 Å². The van der Waals surface area contributed by atoms with Crippen molar-refractivity contribution in [2.75, 3.05) is 0 Å². The molecule has 94 valence electrons. The third kappa shape index (κ3) is 1.60. The lowest BCUT2D eigenvalue weighted by Crippen LogP contribution is -2.21. The smallest absolute Gasteiger partial charge is 0.266 e. The van der Waals surface area contributed by atoms with Crippen LogP contribution in [0.25, 0.3) is 11.2 Å². The second-order valence-electron chi connectivity index (χ2n) is 4.98. The molecule has 1 aliphatic rings. The van der Waals surface area contributed by atoms with Gasteiger partial charge in [0, 0.05) is 6.20 Å². The number of para-hydroxylation sites is 1. The van der Waals surface area contributed by atoms with Crippen LogP contribution < -0.4 is 5.56 Å². The minimum absolute atomic E-state index is 0.00750. The predicted molar refractivity (Wildman–Crippen MR) is 72.8 cm³/mol. The SMILES string of the molecule is O=c1c2c(C3CC3)ccn2ncn1-c1ccccc1. The fraction of sp³-hybridized carbons (Fsp3) is 0.200. The van der Waals surface area contributed by atoms with Crippen molar-refractivity contribution >= 4 is 5.52 Å². The second-order valence-corrected chi connectivity index (χ2v) is 4.98. The van der Waals surface area contributed by atoms with Gasteiger partial charge in [0.15, 0.2) is 0 Å². The van der Waals surface area contributed by atoms with E-state index in [1.807, 2.05) is 42.6 Å². The van der Waals surface area contributed by atoms with Gasteiger partial charge in [-0.2, -0.15) is 5.10 Å². The first kappa shape index (κ1) is 10.6. The molecule has 1 saturated carbocycles. The van der Waals surface area contributed by atoms with Crippen LogP contribution in [0.15, 0.2) is 53.7 Å². The highest BCUT2D eigenvalue weighted by atomic mass is 16.1. The van der Waals surface area contributed by atoms with E-state index in [0.717, 1.165) is 11.3 Å². The molecule has 0 aliphatic heterocycles. The zero-order valence-corrected chi connectivity index (χ0v) is 10.4. The summed E-state index contributed by atoms with van der Waals surface area (Å²) in [5.74, 6) is 0.547. The van der Waals surface area contributed by atoms with Crippen molar-refractivity contribution in [3.8, 4) is 5.69 Å². The van der Waals surface area contributed by atoms with Gasteiger partial charge in [-0.3, -0.25) is 9.36 Å². The molecule has 0 unspecified atom stereocenters. The molecule has 2 aromatic heterocycles. The number of fused-ring (bicyclic) bond motifs is 1. The minimum atomic E-state index is 0.00750. The molecule has 0 radical (unpaired) electrons. The Morgan fingerprint density at radius 1 is 1.11 bits per heavy atom. The van der Waals surface area contributed by atoms with E-state index in [0.29, 0.717) is 11.4 Å². The lowest BCUT2D eigenvalue weighted by molar-refractivity contribution is 0.823. The van der Waals surface area contributed by atoms with Gasteiger partial charge in [0.25, 0.3) is 5.56 Å². The lowest BCUT2D eigenvalue weighted by atomic mass is 10.2. The summed E-state index contributed by atoms with van der Waals surface area (Å²) in [6.45, 7) is 0. The van der Waals surface area contributed by atoms with Gasteiger partial charge in [-0.1, -0.05) is 18.2 Å². The van der Waals surface area contributed by atoms with E-state index in [4.69, 9.17) is 0 Å². The van der Waals surface area contributed by atoms with Gasteiger partial charge in [0.2, 0.25) is 0 Å². The molecule has 0 amide bonds. The van der Waals surface area contributed by atoms with Crippen molar-refractivity contribution < 1.29 is 0 Å². The van der Waals surface area contributed by atoms with Crippen molar-refractivity contribution in [2.24, 2.45) is 0 Å². The summed E-state index contributed by atoms with van der Waals surface area (Å²) >= 11 is 0. The Labute approximate surface area is 109 Å². The maximum atomic E-state index is 12.6. The molecule has 4 nitrogen and oxygen atoms in total. The van der Waals surface area contributed by atoms with E-state index >= 15 is 0 Å². The van der Waals surface area contributed by atoms with Gasteiger partial charge >= 0.3 is 0 Å². The third-order valence-electron chi connectivity index (χ3n) is 3.66. The maximum Gasteiger partial charge on any atom is 0.282 e. The largest absolute Gasteiger partial charge is 0.282 e. The monoisotopic (exact) mass is 251 g/mol. The van der Waals surface area contributed by atoms with Crippen LogP contribution in [0, 0.1) is 0 Å². The summed E-state index contributed by atoms with van der Waals surface area (Å²) in [6.07, 6.45) is 5.82.